The highest BCUT2D eigenvalue weighted by Crippen LogP contribution is 2.38. The Morgan fingerprint density at radius 1 is 0.696 bits per heavy atom. The summed E-state index contributed by atoms with van der Waals surface area (Å²) in [5.41, 5.74) is 1.99. The Kier molecular flexibility index (Phi) is 3.56. The summed E-state index contributed by atoms with van der Waals surface area (Å²) < 4.78 is 15.7. The van der Waals surface area contributed by atoms with Crippen LogP contribution in [0.3, 0.4) is 0 Å². The lowest BCUT2D eigenvalue weighted by molar-refractivity contribution is 0.0975. The van der Waals surface area contributed by atoms with Crippen molar-refractivity contribution in [3.8, 4) is 17.2 Å². The predicted octanol–water partition coefficient (Wildman–Crippen LogP) is 2.80. The maximum atomic E-state index is 12.9. The molecule has 5 heteroatoms. The third-order valence-corrected chi connectivity index (χ3v) is 4.02. The lowest BCUT2D eigenvalue weighted by Gasteiger charge is -2.22. The van der Waals surface area contributed by atoms with Crippen LogP contribution in [0.25, 0.3) is 0 Å². The van der Waals surface area contributed by atoms with E-state index in [0.29, 0.717) is 33.9 Å². The van der Waals surface area contributed by atoms with Gasteiger partial charge in [-0.2, -0.15) is 0 Å². The van der Waals surface area contributed by atoms with E-state index in [-0.39, 0.29) is 22.7 Å². The fraction of sp³-hybridized carbons (Fsp3) is 0.222. The predicted molar refractivity (Wildman–Crippen MR) is 84.1 cm³/mol. The molecule has 0 aromatic heterocycles. The van der Waals surface area contributed by atoms with E-state index in [0.717, 1.165) is 0 Å². The number of ketones is 2. The molecular formula is C18H16O5. The molecule has 0 heterocycles. The molecule has 118 valence electrons. The molecule has 0 aliphatic heterocycles. The molecule has 0 fully saturated rings. The Hall–Kier alpha value is -2.82. The Balaban J connectivity index is 2.33. The summed E-state index contributed by atoms with van der Waals surface area (Å²) in [6.07, 6.45) is 0. The lowest BCUT2D eigenvalue weighted by atomic mass is 9.81. The van der Waals surface area contributed by atoms with Crippen LogP contribution in [0.2, 0.25) is 0 Å². The molecule has 1 aliphatic rings. The molecule has 2 aromatic rings. The maximum Gasteiger partial charge on any atom is 0.198 e. The minimum absolute atomic E-state index is 0.228. The molecule has 0 saturated heterocycles. The summed E-state index contributed by atoms with van der Waals surface area (Å²) in [7, 11) is 4.48. The van der Waals surface area contributed by atoms with E-state index in [1.807, 2.05) is 0 Å². The van der Waals surface area contributed by atoms with Gasteiger partial charge in [-0.05, 0) is 30.7 Å². The van der Waals surface area contributed by atoms with Gasteiger partial charge in [-0.1, -0.05) is 0 Å². The maximum absolute atomic E-state index is 12.9. The zero-order valence-electron chi connectivity index (χ0n) is 13.4. The Morgan fingerprint density at radius 3 is 1.83 bits per heavy atom. The second kappa shape index (κ2) is 5.43. The summed E-state index contributed by atoms with van der Waals surface area (Å²) in [4.78, 5) is 25.8. The molecule has 0 saturated carbocycles. The van der Waals surface area contributed by atoms with Crippen LogP contribution in [-0.2, 0) is 0 Å². The topological polar surface area (TPSA) is 61.8 Å². The van der Waals surface area contributed by atoms with E-state index in [2.05, 4.69) is 0 Å². The van der Waals surface area contributed by atoms with E-state index < -0.39 is 0 Å². The first-order valence-electron chi connectivity index (χ1n) is 7.05. The summed E-state index contributed by atoms with van der Waals surface area (Å²) >= 11 is 0. The average Bonchev–Trinajstić information content (AvgIpc) is 2.57. The average molecular weight is 312 g/mol. The van der Waals surface area contributed by atoms with Gasteiger partial charge in [0, 0.05) is 22.8 Å². The van der Waals surface area contributed by atoms with Gasteiger partial charge in [0.05, 0.1) is 26.9 Å². The van der Waals surface area contributed by atoms with E-state index in [1.165, 1.54) is 21.3 Å². The third-order valence-electron chi connectivity index (χ3n) is 4.02. The lowest BCUT2D eigenvalue weighted by Crippen LogP contribution is -2.23. The smallest absolute Gasteiger partial charge is 0.198 e. The number of carbonyl (C=O) groups excluding carboxylic acids is 2. The van der Waals surface area contributed by atoms with Crippen LogP contribution in [-0.4, -0.2) is 32.9 Å². The second-order valence-corrected chi connectivity index (χ2v) is 5.28. The first-order valence-corrected chi connectivity index (χ1v) is 7.05. The molecule has 5 nitrogen and oxygen atoms in total. The SMILES string of the molecule is COc1cc(C)c2c(c1)C(=O)c1cc(OC)cc(OC)c1C2=O. The van der Waals surface area contributed by atoms with Crippen LogP contribution in [0.5, 0.6) is 17.2 Å². The monoisotopic (exact) mass is 312 g/mol. The standard InChI is InChI=1S/C18H16O5/c1-9-5-10(21-2)6-12-15(9)18(20)16-13(17(12)19)7-11(22-3)8-14(16)23-4/h5-8H,1-4H3. The molecule has 0 spiro atoms. The number of fused-ring (bicyclic) bond motifs is 2. The summed E-state index contributed by atoms with van der Waals surface area (Å²) in [6.45, 7) is 1.79. The van der Waals surface area contributed by atoms with E-state index >= 15 is 0 Å². The van der Waals surface area contributed by atoms with Gasteiger partial charge in [0.15, 0.2) is 11.6 Å². The molecule has 0 radical (unpaired) electrons. The number of rotatable bonds is 3. The molecule has 0 bridgehead atoms. The van der Waals surface area contributed by atoms with Crippen molar-refractivity contribution >= 4 is 11.6 Å². The van der Waals surface area contributed by atoms with E-state index in [9.17, 15) is 9.59 Å². The van der Waals surface area contributed by atoms with Gasteiger partial charge >= 0.3 is 0 Å². The molecule has 0 unspecified atom stereocenters. The minimum atomic E-state index is -0.242. The molecular weight excluding hydrogens is 296 g/mol. The van der Waals surface area contributed by atoms with Crippen molar-refractivity contribution in [2.45, 2.75) is 6.92 Å². The minimum Gasteiger partial charge on any atom is -0.497 e. The molecule has 2 aromatic carbocycles. The van der Waals surface area contributed by atoms with E-state index in [4.69, 9.17) is 14.2 Å². The van der Waals surface area contributed by atoms with Gasteiger partial charge in [-0.15, -0.1) is 0 Å². The summed E-state index contributed by atoms with van der Waals surface area (Å²) in [5.74, 6) is 0.868. The highest BCUT2D eigenvalue weighted by Gasteiger charge is 2.34. The third kappa shape index (κ3) is 2.16. The quantitative estimate of drug-likeness (QED) is 0.744. The molecule has 0 N–H and O–H groups in total. The summed E-state index contributed by atoms with van der Waals surface area (Å²) in [6, 6.07) is 6.51. The number of aryl methyl sites for hydroxylation is 1. The van der Waals surface area contributed by atoms with Crippen molar-refractivity contribution in [3.63, 3.8) is 0 Å². The van der Waals surface area contributed by atoms with Crippen molar-refractivity contribution in [2.75, 3.05) is 21.3 Å². The first kappa shape index (κ1) is 15.1. The van der Waals surface area contributed by atoms with Crippen molar-refractivity contribution in [2.24, 2.45) is 0 Å². The van der Waals surface area contributed by atoms with Crippen LogP contribution in [0.1, 0.15) is 37.4 Å². The number of ether oxygens (including phenoxy) is 3. The van der Waals surface area contributed by atoms with Crippen molar-refractivity contribution in [1.29, 1.82) is 0 Å². The largest absolute Gasteiger partial charge is 0.497 e. The first-order chi connectivity index (χ1) is 11.0. The fourth-order valence-electron chi connectivity index (χ4n) is 2.90. The van der Waals surface area contributed by atoms with Gasteiger partial charge in [-0.3, -0.25) is 9.59 Å². The van der Waals surface area contributed by atoms with Crippen LogP contribution >= 0.6 is 0 Å². The van der Waals surface area contributed by atoms with Gasteiger partial charge in [0.25, 0.3) is 0 Å². The highest BCUT2D eigenvalue weighted by molar-refractivity contribution is 6.30. The number of hydrogen-bond donors (Lipinski definition) is 0. The molecule has 0 amide bonds. The number of benzene rings is 2. The van der Waals surface area contributed by atoms with Crippen molar-refractivity contribution in [3.05, 3.63) is 52.1 Å². The fourth-order valence-corrected chi connectivity index (χ4v) is 2.90. The van der Waals surface area contributed by atoms with E-state index in [1.54, 1.807) is 31.2 Å². The normalized spacial score (nSPS) is 12.5. The van der Waals surface area contributed by atoms with Gasteiger partial charge in [0.1, 0.15) is 17.2 Å². The van der Waals surface area contributed by atoms with Crippen LogP contribution in [0.15, 0.2) is 24.3 Å². The number of methoxy groups -OCH3 is 3. The molecule has 3 rings (SSSR count). The number of hydrogen-bond acceptors (Lipinski definition) is 5. The van der Waals surface area contributed by atoms with Crippen molar-refractivity contribution in [1.82, 2.24) is 0 Å². The van der Waals surface area contributed by atoms with Crippen LogP contribution in [0, 0.1) is 6.92 Å². The van der Waals surface area contributed by atoms with Crippen molar-refractivity contribution < 1.29 is 23.8 Å². The summed E-state index contributed by atoms with van der Waals surface area (Å²) in [5, 5.41) is 0. The second-order valence-electron chi connectivity index (χ2n) is 5.28. The Bertz CT molecular complexity index is 836. The van der Waals surface area contributed by atoms with Crippen LogP contribution in [0.4, 0.5) is 0 Å². The van der Waals surface area contributed by atoms with Gasteiger partial charge in [-0.25, -0.2) is 0 Å². The number of carbonyl (C=O) groups is 2. The van der Waals surface area contributed by atoms with Crippen LogP contribution < -0.4 is 14.2 Å². The Morgan fingerprint density at radius 2 is 1.26 bits per heavy atom. The molecule has 23 heavy (non-hydrogen) atoms. The Labute approximate surface area is 133 Å². The molecule has 1 aliphatic carbocycles. The zero-order valence-corrected chi connectivity index (χ0v) is 13.4. The van der Waals surface area contributed by atoms with Gasteiger partial charge < -0.3 is 14.2 Å². The highest BCUT2D eigenvalue weighted by atomic mass is 16.5. The molecule has 0 atom stereocenters. The zero-order chi connectivity index (χ0) is 16.7. The van der Waals surface area contributed by atoms with Gasteiger partial charge in [0.2, 0.25) is 0 Å².